The van der Waals surface area contributed by atoms with Crippen molar-refractivity contribution in [3.05, 3.63) is 89.4 Å². The standard InChI is InChI=1S/C22H16FN3O3/c1-13-5-8-20(24-12-13)26-21(28)18-9-14-6-7-17(27)11-19(14)29-22(18)25-16-4-2-3-15(23)10-16/h2-12,27H,1H3,(H,24,26,28). The number of hydrogen-bond donors (Lipinski definition) is 2. The fourth-order valence-electron chi connectivity index (χ4n) is 2.74. The summed E-state index contributed by atoms with van der Waals surface area (Å²) in [6.45, 7) is 1.90. The Balaban J connectivity index is 1.85. The summed E-state index contributed by atoms with van der Waals surface area (Å²) in [5.74, 6) is -0.545. The van der Waals surface area contributed by atoms with E-state index in [1.54, 1.807) is 30.5 Å². The van der Waals surface area contributed by atoms with E-state index in [9.17, 15) is 14.3 Å². The zero-order valence-electron chi connectivity index (χ0n) is 15.4. The number of fused-ring (bicyclic) bond motifs is 1. The van der Waals surface area contributed by atoms with Crippen LogP contribution in [-0.2, 0) is 0 Å². The normalized spacial score (nSPS) is 11.6. The largest absolute Gasteiger partial charge is 0.508 e. The first-order valence-electron chi connectivity index (χ1n) is 8.79. The number of anilines is 1. The molecule has 6 nitrogen and oxygen atoms in total. The second-order valence-corrected chi connectivity index (χ2v) is 6.45. The minimum atomic E-state index is -0.477. The van der Waals surface area contributed by atoms with Gasteiger partial charge < -0.3 is 14.8 Å². The molecule has 2 aromatic heterocycles. The van der Waals surface area contributed by atoms with Gasteiger partial charge in [-0.1, -0.05) is 12.1 Å². The Kier molecular flexibility index (Phi) is 4.78. The number of nitrogens with zero attached hydrogens (tertiary/aromatic N) is 2. The number of carbonyl (C=O) groups is 1. The average molecular weight is 389 g/mol. The van der Waals surface area contributed by atoms with E-state index in [4.69, 9.17) is 4.42 Å². The Morgan fingerprint density at radius 2 is 2.00 bits per heavy atom. The number of rotatable bonds is 3. The van der Waals surface area contributed by atoms with Crippen LogP contribution in [0.5, 0.6) is 5.75 Å². The number of aromatic hydroxyl groups is 1. The molecule has 0 bridgehead atoms. The first-order chi connectivity index (χ1) is 14.0. The van der Waals surface area contributed by atoms with E-state index in [1.807, 2.05) is 13.0 Å². The lowest BCUT2D eigenvalue weighted by Gasteiger charge is -2.07. The van der Waals surface area contributed by atoms with E-state index in [0.717, 1.165) is 5.56 Å². The first-order valence-corrected chi connectivity index (χ1v) is 8.79. The highest BCUT2D eigenvalue weighted by atomic mass is 19.1. The van der Waals surface area contributed by atoms with Crippen LogP contribution >= 0.6 is 0 Å². The minimum Gasteiger partial charge on any atom is -0.508 e. The van der Waals surface area contributed by atoms with E-state index in [-0.39, 0.29) is 22.6 Å². The molecule has 0 fully saturated rings. The van der Waals surface area contributed by atoms with Gasteiger partial charge in [0.2, 0.25) is 5.55 Å². The number of amides is 1. The highest BCUT2D eigenvalue weighted by molar-refractivity contribution is 6.05. The van der Waals surface area contributed by atoms with Crippen molar-refractivity contribution < 1.29 is 18.7 Å². The third-order valence-corrected chi connectivity index (χ3v) is 4.17. The number of nitrogens with one attached hydrogen (secondary N) is 1. The smallest absolute Gasteiger partial charge is 0.262 e. The molecule has 4 aromatic rings. The maximum absolute atomic E-state index is 13.5. The molecule has 29 heavy (non-hydrogen) atoms. The Morgan fingerprint density at radius 3 is 2.76 bits per heavy atom. The maximum Gasteiger partial charge on any atom is 0.262 e. The second-order valence-electron chi connectivity index (χ2n) is 6.45. The van der Waals surface area contributed by atoms with Crippen LogP contribution in [-0.4, -0.2) is 16.0 Å². The SMILES string of the molecule is Cc1ccc(NC(=O)c2cc3ccc(O)cc3oc2=Nc2cccc(F)c2)nc1. The van der Waals surface area contributed by atoms with Crippen molar-refractivity contribution in [2.75, 3.05) is 5.32 Å². The number of carbonyl (C=O) groups excluding carboxylic acids is 1. The van der Waals surface area contributed by atoms with Gasteiger partial charge in [-0.3, -0.25) is 4.79 Å². The lowest BCUT2D eigenvalue weighted by Crippen LogP contribution is -2.22. The molecule has 0 aliphatic carbocycles. The number of phenols is 1. The third-order valence-electron chi connectivity index (χ3n) is 4.17. The first kappa shape index (κ1) is 18.4. The zero-order chi connectivity index (χ0) is 20.4. The van der Waals surface area contributed by atoms with Crippen molar-refractivity contribution in [1.82, 2.24) is 4.98 Å². The van der Waals surface area contributed by atoms with E-state index >= 15 is 0 Å². The van der Waals surface area contributed by atoms with Gasteiger partial charge in [0.05, 0.1) is 5.69 Å². The molecule has 0 radical (unpaired) electrons. The van der Waals surface area contributed by atoms with E-state index < -0.39 is 11.7 Å². The Bertz CT molecular complexity index is 1280. The maximum atomic E-state index is 13.5. The molecule has 2 heterocycles. The molecule has 2 aromatic carbocycles. The van der Waals surface area contributed by atoms with Gasteiger partial charge in [-0.05, 0) is 55.0 Å². The number of aromatic nitrogens is 1. The summed E-state index contributed by atoms with van der Waals surface area (Å²) in [4.78, 5) is 21.3. The average Bonchev–Trinajstić information content (AvgIpc) is 2.69. The highest BCUT2D eigenvalue weighted by Gasteiger charge is 2.14. The van der Waals surface area contributed by atoms with Crippen LogP contribution in [0, 0.1) is 12.7 Å². The number of benzene rings is 2. The van der Waals surface area contributed by atoms with Gasteiger partial charge in [0.25, 0.3) is 5.91 Å². The van der Waals surface area contributed by atoms with Crippen LogP contribution in [0.25, 0.3) is 11.0 Å². The molecule has 4 rings (SSSR count). The van der Waals surface area contributed by atoms with Gasteiger partial charge in [-0.25, -0.2) is 14.4 Å². The fraction of sp³-hybridized carbons (Fsp3) is 0.0455. The molecule has 0 unspecified atom stereocenters. The van der Waals surface area contributed by atoms with Crippen molar-refractivity contribution in [3.8, 4) is 5.75 Å². The number of phenolic OH excluding ortho intramolecular Hbond substituents is 1. The van der Waals surface area contributed by atoms with Crippen LogP contribution in [0.15, 0.2) is 76.3 Å². The molecule has 7 heteroatoms. The lowest BCUT2D eigenvalue weighted by atomic mass is 10.1. The Labute approximate surface area is 165 Å². The summed E-state index contributed by atoms with van der Waals surface area (Å²) in [6, 6.07) is 15.3. The molecular formula is C22H16FN3O3. The number of hydrogen-bond acceptors (Lipinski definition) is 5. The number of aryl methyl sites for hydroxylation is 1. The molecular weight excluding hydrogens is 373 g/mol. The van der Waals surface area contributed by atoms with Gasteiger partial charge in [-0.15, -0.1) is 0 Å². The zero-order valence-corrected chi connectivity index (χ0v) is 15.4. The van der Waals surface area contributed by atoms with Crippen LogP contribution < -0.4 is 10.9 Å². The van der Waals surface area contributed by atoms with Gasteiger partial charge >= 0.3 is 0 Å². The van der Waals surface area contributed by atoms with Gasteiger partial charge in [0.15, 0.2) is 0 Å². The molecule has 0 saturated carbocycles. The Hall–Kier alpha value is -4.00. The van der Waals surface area contributed by atoms with Crippen molar-refractivity contribution in [1.29, 1.82) is 0 Å². The minimum absolute atomic E-state index is 0.0130. The predicted molar refractivity (Wildman–Crippen MR) is 106 cm³/mol. The van der Waals surface area contributed by atoms with Crippen molar-refractivity contribution in [3.63, 3.8) is 0 Å². The van der Waals surface area contributed by atoms with Crippen LogP contribution in [0.1, 0.15) is 15.9 Å². The van der Waals surface area contributed by atoms with E-state index in [2.05, 4.69) is 15.3 Å². The molecule has 0 aliphatic heterocycles. The Morgan fingerprint density at radius 1 is 1.14 bits per heavy atom. The summed E-state index contributed by atoms with van der Waals surface area (Å²) >= 11 is 0. The summed E-state index contributed by atoms with van der Waals surface area (Å²) in [7, 11) is 0. The van der Waals surface area contributed by atoms with Crippen molar-refractivity contribution in [2.45, 2.75) is 6.92 Å². The molecule has 1 amide bonds. The van der Waals surface area contributed by atoms with Crippen molar-refractivity contribution in [2.24, 2.45) is 4.99 Å². The van der Waals surface area contributed by atoms with Crippen LogP contribution in [0.4, 0.5) is 15.9 Å². The lowest BCUT2D eigenvalue weighted by molar-refractivity contribution is 0.102. The third kappa shape index (κ3) is 4.14. The van der Waals surface area contributed by atoms with Crippen LogP contribution in [0.2, 0.25) is 0 Å². The summed E-state index contributed by atoms with van der Waals surface area (Å²) in [5.41, 5.74) is 1.72. The topological polar surface area (TPSA) is 87.7 Å². The summed E-state index contributed by atoms with van der Waals surface area (Å²) in [6.07, 6.45) is 1.64. The van der Waals surface area contributed by atoms with Crippen LogP contribution in [0.3, 0.4) is 0 Å². The molecule has 0 saturated heterocycles. The summed E-state index contributed by atoms with van der Waals surface area (Å²) in [5, 5.41) is 13.0. The monoisotopic (exact) mass is 389 g/mol. The molecule has 0 aliphatic rings. The van der Waals surface area contributed by atoms with Gasteiger partial charge in [0, 0.05) is 17.6 Å². The molecule has 0 spiro atoms. The summed E-state index contributed by atoms with van der Waals surface area (Å²) < 4.78 is 19.3. The van der Waals surface area contributed by atoms with Crippen molar-refractivity contribution >= 4 is 28.4 Å². The molecule has 0 atom stereocenters. The number of pyridine rings is 1. The van der Waals surface area contributed by atoms with E-state index in [0.29, 0.717) is 16.8 Å². The molecule has 2 N–H and O–H groups in total. The fourth-order valence-corrected chi connectivity index (χ4v) is 2.74. The predicted octanol–water partition coefficient (Wildman–Crippen LogP) is 4.47. The van der Waals surface area contributed by atoms with Gasteiger partial charge in [0.1, 0.15) is 28.5 Å². The van der Waals surface area contributed by atoms with Gasteiger partial charge in [-0.2, -0.15) is 0 Å². The highest BCUT2D eigenvalue weighted by Crippen LogP contribution is 2.21. The molecule has 144 valence electrons. The quantitative estimate of drug-likeness (QED) is 0.541. The van der Waals surface area contributed by atoms with E-state index in [1.165, 1.54) is 30.3 Å². The second kappa shape index (κ2) is 7.55. The number of halogens is 1.